The normalized spacial score (nSPS) is 16.8. The summed E-state index contributed by atoms with van der Waals surface area (Å²) in [5.41, 5.74) is 3.79. The first kappa shape index (κ1) is 16.5. The summed E-state index contributed by atoms with van der Waals surface area (Å²) in [6.45, 7) is 2.84. The lowest BCUT2D eigenvalue weighted by Crippen LogP contribution is -2.36. The minimum atomic E-state index is -0.0886. The monoisotopic (exact) mass is 347 g/mol. The van der Waals surface area contributed by atoms with Gasteiger partial charge in [0.05, 0.1) is 5.69 Å². The number of carbonyl (C=O) groups excluding carboxylic acids is 1. The lowest BCUT2D eigenvalue weighted by Gasteiger charge is -2.23. The number of nitrogens with zero attached hydrogens (tertiary/aromatic N) is 3. The van der Waals surface area contributed by atoms with Crippen molar-refractivity contribution >= 4 is 5.91 Å². The summed E-state index contributed by atoms with van der Waals surface area (Å²) in [6, 6.07) is 16.0. The highest BCUT2D eigenvalue weighted by atomic mass is 16.5. The van der Waals surface area contributed by atoms with Gasteiger partial charge in [-0.05, 0) is 43.9 Å². The highest BCUT2D eigenvalue weighted by molar-refractivity contribution is 5.92. The molecule has 0 saturated carbocycles. The highest BCUT2D eigenvalue weighted by Gasteiger charge is 2.31. The zero-order chi connectivity index (χ0) is 17.9. The van der Waals surface area contributed by atoms with E-state index in [1.165, 1.54) is 11.1 Å². The second-order valence-corrected chi connectivity index (χ2v) is 6.78. The zero-order valence-corrected chi connectivity index (χ0v) is 14.8. The Labute approximate surface area is 152 Å². The maximum Gasteiger partial charge on any atom is 0.292 e. The van der Waals surface area contributed by atoms with Crippen molar-refractivity contribution in [2.24, 2.45) is 0 Å². The molecule has 3 heterocycles. The number of carbonyl (C=O) groups is 1. The number of hydrogen-bond donors (Lipinski definition) is 0. The molecule has 0 aliphatic carbocycles. The molecule has 26 heavy (non-hydrogen) atoms. The molecule has 3 aromatic rings. The molecule has 1 unspecified atom stereocenters. The minimum Gasteiger partial charge on any atom is -0.350 e. The summed E-state index contributed by atoms with van der Waals surface area (Å²) in [5.74, 6) is 0.191. The van der Waals surface area contributed by atoms with Crippen LogP contribution in [-0.2, 0) is 6.42 Å². The highest BCUT2D eigenvalue weighted by Crippen LogP contribution is 2.25. The van der Waals surface area contributed by atoms with Gasteiger partial charge in [-0.3, -0.25) is 9.78 Å². The molecule has 4 rings (SSSR count). The Balaban J connectivity index is 1.50. The Morgan fingerprint density at radius 2 is 2.04 bits per heavy atom. The molecule has 1 saturated heterocycles. The summed E-state index contributed by atoms with van der Waals surface area (Å²) in [6.07, 6.45) is 4.60. The number of pyridine rings is 1. The molecule has 0 bridgehead atoms. The van der Waals surface area contributed by atoms with Gasteiger partial charge in [-0.25, -0.2) is 0 Å². The summed E-state index contributed by atoms with van der Waals surface area (Å²) in [5, 5.41) is 4.01. The van der Waals surface area contributed by atoms with Crippen LogP contribution in [0.5, 0.6) is 0 Å². The van der Waals surface area contributed by atoms with E-state index >= 15 is 0 Å². The van der Waals surface area contributed by atoms with Gasteiger partial charge in [-0.15, -0.1) is 0 Å². The fourth-order valence-electron chi connectivity index (χ4n) is 3.46. The van der Waals surface area contributed by atoms with E-state index in [0.29, 0.717) is 11.4 Å². The first-order valence-electron chi connectivity index (χ1n) is 8.95. The quantitative estimate of drug-likeness (QED) is 0.718. The second-order valence-electron chi connectivity index (χ2n) is 6.78. The molecule has 5 heteroatoms. The van der Waals surface area contributed by atoms with Crippen LogP contribution >= 0.6 is 0 Å². The van der Waals surface area contributed by atoms with E-state index < -0.39 is 0 Å². The van der Waals surface area contributed by atoms with Gasteiger partial charge in [0.25, 0.3) is 5.91 Å². The predicted octanol–water partition coefficient (Wildman–Crippen LogP) is 3.89. The van der Waals surface area contributed by atoms with Gasteiger partial charge in [0.1, 0.15) is 5.69 Å². The molecule has 1 fully saturated rings. The Morgan fingerprint density at radius 1 is 1.19 bits per heavy atom. The van der Waals surface area contributed by atoms with E-state index in [1.807, 2.05) is 23.1 Å². The molecule has 132 valence electrons. The van der Waals surface area contributed by atoms with E-state index in [4.69, 9.17) is 4.52 Å². The standard InChI is InChI=1S/C21H21N3O2/c1-15-7-9-16(10-8-15)13-17-5-4-12-24(17)21(25)20-14-19(23-26-20)18-6-2-3-11-22-18/h2-3,6-11,14,17H,4-5,12-13H2,1H3. The van der Waals surface area contributed by atoms with Crippen molar-refractivity contribution in [1.82, 2.24) is 15.0 Å². The number of amides is 1. The van der Waals surface area contributed by atoms with E-state index in [2.05, 4.69) is 41.3 Å². The molecule has 1 amide bonds. The van der Waals surface area contributed by atoms with Crippen molar-refractivity contribution in [2.75, 3.05) is 6.54 Å². The van der Waals surface area contributed by atoms with Crippen molar-refractivity contribution in [1.29, 1.82) is 0 Å². The third-order valence-electron chi connectivity index (χ3n) is 4.88. The molecule has 5 nitrogen and oxygen atoms in total. The first-order valence-corrected chi connectivity index (χ1v) is 8.95. The minimum absolute atomic E-state index is 0.0886. The van der Waals surface area contributed by atoms with Gasteiger partial charge in [-0.2, -0.15) is 0 Å². The van der Waals surface area contributed by atoms with Crippen LogP contribution < -0.4 is 0 Å². The Bertz CT molecular complexity index is 887. The average Bonchev–Trinajstić information content (AvgIpc) is 3.34. The van der Waals surface area contributed by atoms with E-state index in [-0.39, 0.29) is 17.7 Å². The molecule has 1 aromatic carbocycles. The average molecular weight is 347 g/mol. The van der Waals surface area contributed by atoms with Crippen LogP contribution in [0.4, 0.5) is 0 Å². The zero-order valence-electron chi connectivity index (χ0n) is 14.8. The predicted molar refractivity (Wildman–Crippen MR) is 98.7 cm³/mol. The smallest absolute Gasteiger partial charge is 0.292 e. The summed E-state index contributed by atoms with van der Waals surface area (Å²) in [7, 11) is 0. The molecule has 0 radical (unpaired) electrons. The first-order chi connectivity index (χ1) is 12.7. The van der Waals surface area contributed by atoms with Crippen molar-refractivity contribution in [3.8, 4) is 11.4 Å². The molecule has 0 N–H and O–H groups in total. The number of rotatable bonds is 4. The lowest BCUT2D eigenvalue weighted by molar-refractivity contribution is 0.0694. The summed E-state index contributed by atoms with van der Waals surface area (Å²) >= 11 is 0. The summed E-state index contributed by atoms with van der Waals surface area (Å²) in [4.78, 5) is 19.1. The van der Waals surface area contributed by atoms with Crippen LogP contribution in [-0.4, -0.2) is 33.5 Å². The molecule has 2 aromatic heterocycles. The molecular weight excluding hydrogens is 326 g/mol. The van der Waals surface area contributed by atoms with Crippen LogP contribution in [0.25, 0.3) is 11.4 Å². The maximum atomic E-state index is 12.9. The number of benzene rings is 1. The Kier molecular flexibility index (Phi) is 4.52. The van der Waals surface area contributed by atoms with Gasteiger partial charge >= 0.3 is 0 Å². The van der Waals surface area contributed by atoms with Crippen LogP contribution in [0.15, 0.2) is 59.3 Å². The number of aryl methyl sites for hydroxylation is 1. The van der Waals surface area contributed by atoms with E-state index in [1.54, 1.807) is 12.3 Å². The Hall–Kier alpha value is -2.95. The number of hydrogen-bond acceptors (Lipinski definition) is 4. The largest absolute Gasteiger partial charge is 0.350 e. The number of likely N-dealkylation sites (tertiary alicyclic amines) is 1. The third-order valence-corrected chi connectivity index (χ3v) is 4.88. The topological polar surface area (TPSA) is 59.2 Å². The van der Waals surface area contributed by atoms with Crippen molar-refractivity contribution in [2.45, 2.75) is 32.2 Å². The van der Waals surface area contributed by atoms with Crippen LogP contribution in [0, 0.1) is 6.92 Å². The van der Waals surface area contributed by atoms with E-state index in [0.717, 1.165) is 25.8 Å². The molecule has 0 spiro atoms. The molecular formula is C21H21N3O2. The lowest BCUT2D eigenvalue weighted by atomic mass is 10.0. The third kappa shape index (κ3) is 3.38. The van der Waals surface area contributed by atoms with Crippen molar-refractivity contribution in [3.05, 3.63) is 71.6 Å². The summed E-state index contributed by atoms with van der Waals surface area (Å²) < 4.78 is 5.33. The van der Waals surface area contributed by atoms with Gasteiger partial charge in [-0.1, -0.05) is 41.1 Å². The van der Waals surface area contributed by atoms with Crippen molar-refractivity contribution in [3.63, 3.8) is 0 Å². The van der Waals surface area contributed by atoms with Crippen LogP contribution in [0.3, 0.4) is 0 Å². The van der Waals surface area contributed by atoms with Crippen molar-refractivity contribution < 1.29 is 9.32 Å². The molecule has 1 aliphatic rings. The van der Waals surface area contributed by atoms with Gasteiger partial charge < -0.3 is 9.42 Å². The molecule has 1 atom stereocenters. The van der Waals surface area contributed by atoms with Gasteiger partial charge in [0, 0.05) is 24.8 Å². The fraction of sp³-hybridized carbons (Fsp3) is 0.286. The van der Waals surface area contributed by atoms with Crippen LogP contribution in [0.2, 0.25) is 0 Å². The number of aromatic nitrogens is 2. The van der Waals surface area contributed by atoms with Gasteiger partial charge in [0.15, 0.2) is 0 Å². The fourth-order valence-corrected chi connectivity index (χ4v) is 3.46. The molecule has 1 aliphatic heterocycles. The van der Waals surface area contributed by atoms with Gasteiger partial charge in [0.2, 0.25) is 5.76 Å². The Morgan fingerprint density at radius 3 is 2.81 bits per heavy atom. The second kappa shape index (κ2) is 7.12. The van der Waals surface area contributed by atoms with E-state index in [9.17, 15) is 4.79 Å². The SMILES string of the molecule is Cc1ccc(CC2CCCN2C(=O)c2cc(-c3ccccn3)no2)cc1. The van der Waals surface area contributed by atoms with Crippen LogP contribution in [0.1, 0.15) is 34.5 Å². The maximum absolute atomic E-state index is 12.9.